The quantitative estimate of drug-likeness (QED) is 0.637. The van der Waals surface area contributed by atoms with Crippen LogP contribution in [-0.4, -0.2) is 18.2 Å². The van der Waals surface area contributed by atoms with Gasteiger partial charge in [-0.05, 0) is 11.4 Å². The third-order valence-electron chi connectivity index (χ3n) is 0.812. The molecule has 0 unspecified atom stereocenters. The van der Waals surface area contributed by atoms with E-state index in [1.165, 1.54) is 3.01 Å². The minimum atomic E-state index is -0.196. The molecule has 0 atom stereocenters. The lowest BCUT2D eigenvalue weighted by atomic mass is 10.7. The van der Waals surface area contributed by atoms with Crippen LogP contribution in [0.1, 0.15) is 0 Å². The van der Waals surface area contributed by atoms with Gasteiger partial charge in [-0.15, -0.1) is 0 Å². The topological polar surface area (TPSA) is 0 Å². The first kappa shape index (κ1) is 7.34. The number of hydrogen-bond acceptors (Lipinski definition) is 1. The number of thiophene rings is 1. The summed E-state index contributed by atoms with van der Waals surface area (Å²) in [6.45, 7) is 0. The molecule has 0 aromatic carbocycles. The smallest absolute Gasteiger partial charge is 0.295 e. The SMILES string of the molecule is Clc1ccs[c]1[Mg][Br]. The molecule has 0 bridgehead atoms. The lowest BCUT2D eigenvalue weighted by Gasteiger charge is -1.82. The van der Waals surface area contributed by atoms with Crippen LogP contribution >= 0.6 is 35.8 Å². The molecule has 0 aliphatic carbocycles. The van der Waals surface area contributed by atoms with Gasteiger partial charge < -0.3 is 0 Å². The van der Waals surface area contributed by atoms with Crippen molar-refractivity contribution >= 4 is 57.0 Å². The first-order chi connectivity index (χ1) is 3.84. The van der Waals surface area contributed by atoms with Crippen molar-refractivity contribution in [3.63, 3.8) is 0 Å². The second-order valence-corrected chi connectivity index (χ2v) is 5.90. The van der Waals surface area contributed by atoms with Gasteiger partial charge in [-0.3, -0.25) is 12.9 Å². The summed E-state index contributed by atoms with van der Waals surface area (Å²) in [5, 5.41) is 2.95. The van der Waals surface area contributed by atoms with Crippen molar-refractivity contribution < 1.29 is 0 Å². The van der Waals surface area contributed by atoms with Gasteiger partial charge in [-0.1, -0.05) is 14.6 Å². The third-order valence-corrected chi connectivity index (χ3v) is 6.63. The zero-order valence-corrected chi connectivity index (χ0v) is 8.60. The highest BCUT2D eigenvalue weighted by Gasteiger charge is 2.00. The zero-order valence-electron chi connectivity index (χ0n) is 4.03. The molecule has 0 aliphatic heterocycles. The Bertz CT molecular complexity index is 176. The van der Waals surface area contributed by atoms with Gasteiger partial charge in [-0.2, -0.15) is 11.3 Å². The van der Waals surface area contributed by atoms with E-state index in [1.54, 1.807) is 11.3 Å². The molecule has 1 aromatic heterocycles. The molecule has 0 spiro atoms. The molecule has 8 heavy (non-hydrogen) atoms. The van der Waals surface area contributed by atoms with Gasteiger partial charge in [0.1, 0.15) is 0 Å². The van der Waals surface area contributed by atoms with E-state index in [2.05, 4.69) is 12.9 Å². The highest BCUT2D eigenvalue weighted by molar-refractivity contribution is 9.23. The molecule has 1 aromatic rings. The van der Waals surface area contributed by atoms with E-state index >= 15 is 0 Å². The predicted octanol–water partition coefficient (Wildman–Crippen LogP) is 2.04. The van der Waals surface area contributed by atoms with Crippen LogP contribution in [0.5, 0.6) is 0 Å². The fourth-order valence-electron chi connectivity index (χ4n) is 0.420. The fourth-order valence-corrected chi connectivity index (χ4v) is 4.81. The summed E-state index contributed by atoms with van der Waals surface area (Å²) in [6, 6.07) is 1.94. The van der Waals surface area contributed by atoms with E-state index in [0.717, 1.165) is 5.02 Å². The van der Waals surface area contributed by atoms with Crippen LogP contribution in [0.4, 0.5) is 0 Å². The maximum absolute atomic E-state index is 5.76. The van der Waals surface area contributed by atoms with E-state index in [0.29, 0.717) is 0 Å². The molecule has 0 radical (unpaired) electrons. The van der Waals surface area contributed by atoms with Gasteiger partial charge in [-0.25, -0.2) is 0 Å². The molecule has 0 fully saturated rings. The van der Waals surface area contributed by atoms with Gasteiger partial charge in [0, 0.05) is 5.02 Å². The summed E-state index contributed by atoms with van der Waals surface area (Å²) < 4.78 is 1.34. The second-order valence-electron chi connectivity index (χ2n) is 1.33. The monoisotopic (exact) mass is 220 g/mol. The Morgan fingerprint density at radius 2 is 2.50 bits per heavy atom. The van der Waals surface area contributed by atoms with Crippen molar-refractivity contribution in [1.82, 2.24) is 0 Å². The molecule has 0 saturated carbocycles. The Kier molecular flexibility index (Phi) is 3.14. The Morgan fingerprint density at radius 1 is 1.75 bits per heavy atom. The van der Waals surface area contributed by atoms with Gasteiger partial charge in [0.2, 0.25) is 0 Å². The minimum Gasteiger partial charge on any atom is -0.295 e. The van der Waals surface area contributed by atoms with E-state index in [9.17, 15) is 0 Å². The van der Waals surface area contributed by atoms with Crippen molar-refractivity contribution in [2.75, 3.05) is 0 Å². The molecule has 1 heterocycles. The van der Waals surface area contributed by atoms with Gasteiger partial charge in [0.25, 0.3) is 0 Å². The van der Waals surface area contributed by atoms with Gasteiger partial charge in [0.05, 0.1) is 0 Å². The van der Waals surface area contributed by atoms with Crippen LogP contribution in [0.2, 0.25) is 5.02 Å². The average molecular weight is 222 g/mol. The number of rotatable bonds is 1. The first-order valence-corrected chi connectivity index (χ1v) is 7.99. The molecule has 0 saturated heterocycles. The molecule has 1 rings (SSSR count). The van der Waals surface area contributed by atoms with Crippen LogP contribution in [0.3, 0.4) is 0 Å². The summed E-state index contributed by atoms with van der Waals surface area (Å²) in [6.07, 6.45) is 0. The van der Waals surface area contributed by atoms with Crippen molar-refractivity contribution in [3.8, 4) is 0 Å². The Hall–Kier alpha value is 1.24. The Morgan fingerprint density at radius 3 is 2.75 bits per heavy atom. The van der Waals surface area contributed by atoms with Crippen molar-refractivity contribution in [1.29, 1.82) is 0 Å². The van der Waals surface area contributed by atoms with Crippen LogP contribution in [-0.2, 0) is 0 Å². The summed E-state index contributed by atoms with van der Waals surface area (Å²) in [5.74, 6) is 0. The number of halogens is 2. The normalized spacial score (nSPS) is 8.75. The fraction of sp³-hybridized carbons (Fsp3) is 0. The Balaban J connectivity index is 2.92. The maximum Gasteiger partial charge on any atom is 0.524 e. The largest absolute Gasteiger partial charge is 0.524 e. The highest BCUT2D eigenvalue weighted by Crippen LogP contribution is 2.09. The zero-order chi connectivity index (χ0) is 5.98. The molecule has 0 N–H and O–H groups in total. The molecular weight excluding hydrogens is 220 g/mol. The molecular formula is C4H2BrClMgS. The minimum absolute atomic E-state index is 0.196. The van der Waals surface area contributed by atoms with E-state index in [4.69, 9.17) is 11.6 Å². The third kappa shape index (κ3) is 1.61. The van der Waals surface area contributed by atoms with Gasteiger partial charge in [0.15, 0.2) is 0 Å². The molecule has 40 valence electrons. The van der Waals surface area contributed by atoms with Crippen molar-refractivity contribution in [2.24, 2.45) is 0 Å². The summed E-state index contributed by atoms with van der Waals surface area (Å²) in [4.78, 5) is 0. The lowest BCUT2D eigenvalue weighted by molar-refractivity contribution is 2.05. The summed E-state index contributed by atoms with van der Waals surface area (Å²) >= 11 is 10.7. The van der Waals surface area contributed by atoms with Crippen LogP contribution in [0.25, 0.3) is 0 Å². The van der Waals surface area contributed by atoms with E-state index in [1.807, 2.05) is 11.4 Å². The lowest BCUT2D eigenvalue weighted by Crippen LogP contribution is -2.01. The van der Waals surface area contributed by atoms with Crippen LogP contribution < -0.4 is 3.01 Å². The predicted molar refractivity (Wildman–Crippen MR) is 43.6 cm³/mol. The van der Waals surface area contributed by atoms with Crippen molar-refractivity contribution in [3.05, 3.63) is 16.5 Å². The maximum atomic E-state index is 5.76. The molecule has 0 amide bonds. The molecule has 0 aliphatic rings. The standard InChI is InChI=1S/C4H2ClS.BrH.Mg/c5-4-1-2-6-3-4;;/h1-2H;1H;/q;;+1/p-1. The van der Waals surface area contributed by atoms with Crippen LogP contribution in [0.15, 0.2) is 11.4 Å². The number of hydrogen-bond donors (Lipinski definition) is 0. The average Bonchev–Trinajstić information content (AvgIpc) is 2.14. The van der Waals surface area contributed by atoms with Crippen LogP contribution in [0, 0.1) is 0 Å². The molecule has 4 heteroatoms. The van der Waals surface area contributed by atoms with E-state index in [-0.39, 0.29) is 18.2 Å². The molecule has 0 nitrogen and oxygen atoms in total. The highest BCUT2D eigenvalue weighted by atomic mass is 79.9. The van der Waals surface area contributed by atoms with Crippen molar-refractivity contribution in [2.45, 2.75) is 0 Å². The Labute approximate surface area is 72.8 Å². The summed E-state index contributed by atoms with van der Waals surface area (Å²) in [5.41, 5.74) is 0. The summed E-state index contributed by atoms with van der Waals surface area (Å²) in [7, 11) is 0. The second kappa shape index (κ2) is 3.42. The first-order valence-electron chi connectivity index (χ1n) is 2.12. The van der Waals surface area contributed by atoms with Gasteiger partial charge >= 0.3 is 18.2 Å². The van der Waals surface area contributed by atoms with E-state index < -0.39 is 0 Å².